The minimum Gasteiger partial charge on any atom is -0.468 e. The van der Waals surface area contributed by atoms with Crippen LogP contribution >= 0.6 is 0 Å². The Bertz CT molecular complexity index is 871. The van der Waals surface area contributed by atoms with E-state index in [1.165, 1.54) is 36.4 Å². The SMILES string of the molecule is COC(=O)C(C(=O)OC)c1ccccc1[N+](=O)[O-].O=[N+]([O-])c1ccccc1F. The largest absolute Gasteiger partial charge is 0.468 e. The lowest BCUT2D eigenvalue weighted by atomic mass is 9.97. The van der Waals surface area contributed by atoms with Gasteiger partial charge in [0.25, 0.3) is 5.69 Å². The monoisotopic (exact) mass is 394 g/mol. The summed E-state index contributed by atoms with van der Waals surface area (Å²) in [5.41, 5.74) is -0.873. The van der Waals surface area contributed by atoms with Crippen molar-refractivity contribution in [3.63, 3.8) is 0 Å². The fraction of sp³-hybridized carbons (Fsp3) is 0.176. The van der Waals surface area contributed by atoms with Gasteiger partial charge in [0.1, 0.15) is 0 Å². The van der Waals surface area contributed by atoms with Crippen molar-refractivity contribution in [3.05, 3.63) is 80.1 Å². The number of rotatable bonds is 5. The van der Waals surface area contributed by atoms with Crippen LogP contribution in [0.1, 0.15) is 11.5 Å². The van der Waals surface area contributed by atoms with Crippen LogP contribution in [0.15, 0.2) is 48.5 Å². The van der Waals surface area contributed by atoms with E-state index in [1.807, 2.05) is 0 Å². The summed E-state index contributed by atoms with van der Waals surface area (Å²) < 4.78 is 21.3. The van der Waals surface area contributed by atoms with Gasteiger partial charge in [0.2, 0.25) is 5.82 Å². The van der Waals surface area contributed by atoms with Crippen molar-refractivity contribution in [2.45, 2.75) is 5.92 Å². The fourth-order valence-corrected chi connectivity index (χ4v) is 2.08. The number of ether oxygens (including phenoxy) is 2. The third-order valence-corrected chi connectivity index (χ3v) is 3.37. The van der Waals surface area contributed by atoms with Crippen molar-refractivity contribution in [1.82, 2.24) is 0 Å². The number of esters is 2. The van der Waals surface area contributed by atoms with E-state index < -0.39 is 39.2 Å². The smallest absolute Gasteiger partial charge is 0.324 e. The number of nitro groups is 2. The molecular weight excluding hydrogens is 379 g/mol. The molecular formula is C17H15FN2O8. The first-order valence-corrected chi connectivity index (χ1v) is 7.52. The van der Waals surface area contributed by atoms with Crippen molar-refractivity contribution >= 4 is 23.3 Å². The first-order chi connectivity index (χ1) is 13.2. The molecule has 0 unspecified atom stereocenters. The number of carbonyl (C=O) groups excluding carboxylic acids is 2. The van der Waals surface area contributed by atoms with Crippen LogP contribution in [-0.4, -0.2) is 36.0 Å². The lowest BCUT2D eigenvalue weighted by Crippen LogP contribution is -2.25. The summed E-state index contributed by atoms with van der Waals surface area (Å²) in [5.74, 6) is -4.07. The average Bonchev–Trinajstić information content (AvgIpc) is 2.68. The molecule has 11 heteroatoms. The van der Waals surface area contributed by atoms with Crippen LogP contribution in [-0.2, 0) is 19.1 Å². The predicted octanol–water partition coefficient (Wildman–Crippen LogP) is 2.76. The van der Waals surface area contributed by atoms with Gasteiger partial charge < -0.3 is 9.47 Å². The van der Waals surface area contributed by atoms with Gasteiger partial charge in [0.05, 0.1) is 29.6 Å². The first-order valence-electron chi connectivity index (χ1n) is 7.52. The highest BCUT2D eigenvalue weighted by Crippen LogP contribution is 2.28. The summed E-state index contributed by atoms with van der Waals surface area (Å²) in [6.07, 6.45) is 0. The molecule has 2 rings (SSSR count). The quantitative estimate of drug-likeness (QED) is 0.326. The van der Waals surface area contributed by atoms with E-state index in [0.29, 0.717) is 0 Å². The van der Waals surface area contributed by atoms with Gasteiger partial charge in [-0.3, -0.25) is 29.8 Å². The van der Waals surface area contributed by atoms with Crippen LogP contribution < -0.4 is 0 Å². The van der Waals surface area contributed by atoms with E-state index in [2.05, 4.69) is 9.47 Å². The molecule has 0 aliphatic rings. The molecule has 0 heterocycles. The molecule has 0 bridgehead atoms. The van der Waals surface area contributed by atoms with Gasteiger partial charge in [-0.15, -0.1) is 0 Å². The summed E-state index contributed by atoms with van der Waals surface area (Å²) in [6.45, 7) is 0. The lowest BCUT2D eigenvalue weighted by molar-refractivity contribution is -0.387. The molecule has 0 atom stereocenters. The van der Waals surface area contributed by atoms with Gasteiger partial charge in [-0.05, 0) is 6.07 Å². The third kappa shape index (κ3) is 5.56. The lowest BCUT2D eigenvalue weighted by Gasteiger charge is -2.12. The summed E-state index contributed by atoms with van der Waals surface area (Å²) in [5, 5.41) is 20.8. The molecule has 148 valence electrons. The number of benzene rings is 2. The van der Waals surface area contributed by atoms with Crippen LogP contribution in [0.25, 0.3) is 0 Å². The van der Waals surface area contributed by atoms with Crippen LogP contribution in [0.3, 0.4) is 0 Å². The first kappa shape index (κ1) is 22.2. The van der Waals surface area contributed by atoms with Crippen LogP contribution in [0.5, 0.6) is 0 Å². The zero-order valence-electron chi connectivity index (χ0n) is 14.7. The number of hydrogen-bond acceptors (Lipinski definition) is 8. The number of methoxy groups -OCH3 is 2. The molecule has 0 radical (unpaired) electrons. The number of carbonyl (C=O) groups is 2. The highest BCUT2D eigenvalue weighted by molar-refractivity contribution is 6.01. The molecule has 0 fully saturated rings. The highest BCUT2D eigenvalue weighted by Gasteiger charge is 2.35. The maximum Gasteiger partial charge on any atom is 0.324 e. The van der Waals surface area contributed by atoms with E-state index in [9.17, 15) is 34.2 Å². The van der Waals surface area contributed by atoms with Crippen molar-refractivity contribution in [2.24, 2.45) is 0 Å². The van der Waals surface area contributed by atoms with Gasteiger partial charge in [-0.25, -0.2) is 0 Å². The summed E-state index contributed by atoms with van der Waals surface area (Å²) in [6, 6.07) is 10.4. The molecule has 0 aromatic heterocycles. The van der Waals surface area contributed by atoms with E-state index in [0.717, 1.165) is 26.4 Å². The average molecular weight is 394 g/mol. The number of nitrogens with zero attached hydrogens (tertiary/aromatic N) is 2. The van der Waals surface area contributed by atoms with Crippen molar-refractivity contribution < 1.29 is 33.3 Å². The molecule has 0 amide bonds. The maximum atomic E-state index is 12.4. The molecule has 0 spiro atoms. The Morgan fingerprint density at radius 3 is 1.68 bits per heavy atom. The maximum absolute atomic E-state index is 12.4. The van der Waals surface area contributed by atoms with Crippen molar-refractivity contribution in [2.75, 3.05) is 14.2 Å². The minimum absolute atomic E-state index is 0.0544. The standard InChI is InChI=1S/C11H11NO6.C6H4FNO2/c1-17-10(13)9(11(14)18-2)7-5-3-4-6-8(7)12(15)16;7-5-3-1-2-4-6(5)8(9)10/h3-6,9H,1-2H3;1-4H. The number of hydrogen-bond donors (Lipinski definition) is 0. The Hall–Kier alpha value is -3.89. The summed E-state index contributed by atoms with van der Waals surface area (Å²) >= 11 is 0. The van der Waals surface area contributed by atoms with Crippen LogP contribution in [0.4, 0.5) is 15.8 Å². The second-order valence-corrected chi connectivity index (χ2v) is 5.00. The molecule has 10 nitrogen and oxygen atoms in total. The van der Waals surface area contributed by atoms with Crippen LogP contribution in [0.2, 0.25) is 0 Å². The van der Waals surface area contributed by atoms with E-state index in [-0.39, 0.29) is 11.3 Å². The Labute approximate surface area is 157 Å². The van der Waals surface area contributed by atoms with Crippen molar-refractivity contribution in [1.29, 1.82) is 0 Å². The van der Waals surface area contributed by atoms with E-state index in [4.69, 9.17) is 0 Å². The molecule has 2 aromatic carbocycles. The molecule has 28 heavy (non-hydrogen) atoms. The zero-order chi connectivity index (χ0) is 21.3. The van der Waals surface area contributed by atoms with Gasteiger partial charge in [0, 0.05) is 12.1 Å². The van der Waals surface area contributed by atoms with Crippen molar-refractivity contribution in [3.8, 4) is 0 Å². The minimum atomic E-state index is -1.46. The van der Waals surface area contributed by atoms with Crippen LogP contribution in [0, 0.1) is 26.0 Å². The molecule has 0 N–H and O–H groups in total. The summed E-state index contributed by atoms with van der Waals surface area (Å²) in [7, 11) is 2.18. The number of halogens is 1. The van der Waals surface area contributed by atoms with E-state index in [1.54, 1.807) is 0 Å². The van der Waals surface area contributed by atoms with Gasteiger partial charge >= 0.3 is 17.6 Å². The normalized spacial score (nSPS) is 9.71. The Kier molecular flexibility index (Phi) is 8.15. The molecule has 0 aliphatic carbocycles. The van der Waals surface area contributed by atoms with Gasteiger partial charge in [-0.2, -0.15) is 4.39 Å². The Morgan fingerprint density at radius 1 is 0.857 bits per heavy atom. The third-order valence-electron chi connectivity index (χ3n) is 3.37. The second-order valence-electron chi connectivity index (χ2n) is 5.00. The molecule has 2 aromatic rings. The topological polar surface area (TPSA) is 139 Å². The Balaban J connectivity index is 0.000000330. The second kappa shape index (κ2) is 10.3. The van der Waals surface area contributed by atoms with E-state index >= 15 is 0 Å². The van der Waals surface area contributed by atoms with Gasteiger partial charge in [0.15, 0.2) is 5.92 Å². The highest BCUT2D eigenvalue weighted by atomic mass is 19.1. The zero-order valence-corrected chi connectivity index (χ0v) is 14.7. The predicted molar refractivity (Wildman–Crippen MR) is 92.9 cm³/mol. The molecule has 0 saturated heterocycles. The molecule has 0 saturated carbocycles. The Morgan fingerprint density at radius 2 is 1.29 bits per heavy atom. The number of para-hydroxylation sites is 2. The van der Waals surface area contributed by atoms with Gasteiger partial charge in [-0.1, -0.05) is 30.3 Å². The fourth-order valence-electron chi connectivity index (χ4n) is 2.08. The molecule has 0 aliphatic heterocycles. The summed E-state index contributed by atoms with van der Waals surface area (Å²) in [4.78, 5) is 42.5. The number of nitro benzene ring substituents is 2.